The van der Waals surface area contributed by atoms with Gasteiger partial charge in [-0.15, -0.1) is 0 Å². The minimum atomic E-state index is 0.857. The summed E-state index contributed by atoms with van der Waals surface area (Å²) in [5, 5.41) is 6.72. The number of benzene rings is 10. The molecule has 0 spiro atoms. The van der Waals surface area contributed by atoms with Gasteiger partial charge in [0.25, 0.3) is 0 Å². The Balaban J connectivity index is 1.14. The average Bonchev–Trinajstić information content (AvgIpc) is 4.05. The van der Waals surface area contributed by atoms with E-state index in [4.69, 9.17) is 8.83 Å². The van der Waals surface area contributed by atoms with Crippen LogP contribution in [0.3, 0.4) is 0 Å². The minimum absolute atomic E-state index is 0.857. The maximum Gasteiger partial charge on any atom is 0.143 e. The van der Waals surface area contributed by atoms with E-state index in [9.17, 15) is 0 Å². The molecule has 0 atom stereocenters. The van der Waals surface area contributed by atoms with E-state index in [-0.39, 0.29) is 0 Å². The van der Waals surface area contributed by atoms with Crippen LogP contribution in [0.25, 0.3) is 105 Å². The summed E-state index contributed by atoms with van der Waals surface area (Å²) < 4.78 is 15.9. The Bertz CT molecular complexity index is 3890. The predicted molar refractivity (Wildman–Crippen MR) is 266 cm³/mol. The summed E-state index contributed by atoms with van der Waals surface area (Å²) in [5.74, 6) is 0. The first-order valence-corrected chi connectivity index (χ1v) is 21.8. The van der Waals surface area contributed by atoms with Gasteiger partial charge in [-0.3, -0.25) is 0 Å². The van der Waals surface area contributed by atoms with Crippen LogP contribution in [0.15, 0.2) is 239 Å². The van der Waals surface area contributed by atoms with Crippen molar-refractivity contribution in [3.8, 4) is 39.1 Å². The molecule has 4 heteroatoms. The molecule has 4 nitrogen and oxygen atoms in total. The van der Waals surface area contributed by atoms with Crippen LogP contribution >= 0.6 is 0 Å². The van der Waals surface area contributed by atoms with Crippen LogP contribution in [0.2, 0.25) is 0 Å². The van der Waals surface area contributed by atoms with Gasteiger partial charge in [0, 0.05) is 60.4 Å². The Morgan fingerprint density at radius 2 is 0.859 bits per heavy atom. The van der Waals surface area contributed by atoms with Crippen molar-refractivity contribution in [2.24, 2.45) is 0 Å². The Morgan fingerprint density at radius 1 is 0.328 bits per heavy atom. The Labute approximate surface area is 369 Å². The van der Waals surface area contributed by atoms with Gasteiger partial charge in [0.05, 0.1) is 22.4 Å². The standard InChI is InChI=1S/C60H38N2O2/c1-3-16-39(17-4-1)40-32-35-43(36-33-40)62(54-29-15-28-53-58(54)51-22-7-10-27-52(51)61(53)42-18-5-2-6-19-42)55-38-41(44-23-13-25-49-46-20-8-11-30-56(46)63-59(44)49)34-37-45(55)48-24-14-26-50-47-21-9-12-31-57(47)64-60(48)50/h1-38H. The normalized spacial score (nSPS) is 11.8. The third-order valence-electron chi connectivity index (χ3n) is 12.8. The molecular formula is C60H38N2O2. The van der Waals surface area contributed by atoms with Gasteiger partial charge in [-0.2, -0.15) is 0 Å². The summed E-state index contributed by atoms with van der Waals surface area (Å²) in [7, 11) is 0. The van der Waals surface area contributed by atoms with E-state index in [1.807, 2.05) is 12.1 Å². The van der Waals surface area contributed by atoms with Gasteiger partial charge in [-0.25, -0.2) is 0 Å². The summed E-state index contributed by atoms with van der Waals surface area (Å²) in [6, 6.07) is 82.2. The lowest BCUT2D eigenvalue weighted by Crippen LogP contribution is -2.12. The van der Waals surface area contributed by atoms with Gasteiger partial charge in [0.1, 0.15) is 22.3 Å². The molecule has 0 N–H and O–H groups in total. The number of fused-ring (bicyclic) bond motifs is 9. The monoisotopic (exact) mass is 818 g/mol. The molecule has 0 bridgehead atoms. The van der Waals surface area contributed by atoms with Crippen molar-refractivity contribution in [2.75, 3.05) is 4.90 Å². The molecule has 300 valence electrons. The molecule has 0 aliphatic rings. The second-order valence-electron chi connectivity index (χ2n) is 16.4. The quantitative estimate of drug-likeness (QED) is 0.161. The summed E-state index contributed by atoms with van der Waals surface area (Å²) in [4.78, 5) is 2.46. The van der Waals surface area contributed by atoms with E-state index in [0.29, 0.717) is 0 Å². The van der Waals surface area contributed by atoms with E-state index >= 15 is 0 Å². The van der Waals surface area contributed by atoms with Gasteiger partial charge in [0.15, 0.2) is 0 Å². The second kappa shape index (κ2) is 14.5. The van der Waals surface area contributed by atoms with Crippen LogP contribution in [0.5, 0.6) is 0 Å². The molecule has 13 rings (SSSR count). The van der Waals surface area contributed by atoms with E-state index in [1.54, 1.807) is 0 Å². The highest BCUT2D eigenvalue weighted by atomic mass is 16.3. The molecule has 0 amide bonds. The second-order valence-corrected chi connectivity index (χ2v) is 16.4. The molecule has 13 aromatic rings. The highest BCUT2D eigenvalue weighted by molar-refractivity contribution is 6.18. The Morgan fingerprint density at radius 3 is 1.58 bits per heavy atom. The van der Waals surface area contributed by atoms with Crippen molar-refractivity contribution < 1.29 is 8.83 Å². The van der Waals surface area contributed by atoms with Crippen LogP contribution < -0.4 is 4.90 Å². The van der Waals surface area contributed by atoms with Crippen molar-refractivity contribution in [2.45, 2.75) is 0 Å². The maximum absolute atomic E-state index is 6.80. The van der Waals surface area contributed by atoms with Gasteiger partial charge < -0.3 is 18.3 Å². The molecule has 3 aromatic heterocycles. The molecule has 0 fully saturated rings. The lowest BCUT2D eigenvalue weighted by Gasteiger charge is -2.29. The molecule has 0 radical (unpaired) electrons. The minimum Gasteiger partial charge on any atom is -0.455 e. The number of hydrogen-bond donors (Lipinski definition) is 0. The van der Waals surface area contributed by atoms with E-state index in [1.165, 1.54) is 10.9 Å². The molecule has 0 unspecified atom stereocenters. The smallest absolute Gasteiger partial charge is 0.143 e. The summed E-state index contributed by atoms with van der Waals surface area (Å²) in [5.41, 5.74) is 16.4. The predicted octanol–water partition coefficient (Wildman–Crippen LogP) is 17.1. The van der Waals surface area contributed by atoms with Crippen LogP contribution in [0.4, 0.5) is 17.1 Å². The molecule has 0 aliphatic carbocycles. The van der Waals surface area contributed by atoms with E-state index in [0.717, 1.165) is 111 Å². The lowest BCUT2D eigenvalue weighted by molar-refractivity contribution is 0.669. The Hall–Kier alpha value is -8.60. The fraction of sp³-hybridized carbons (Fsp3) is 0. The first kappa shape index (κ1) is 36.1. The van der Waals surface area contributed by atoms with E-state index < -0.39 is 0 Å². The molecule has 3 heterocycles. The van der Waals surface area contributed by atoms with Crippen molar-refractivity contribution in [3.05, 3.63) is 231 Å². The molecule has 0 aliphatic heterocycles. The lowest BCUT2D eigenvalue weighted by atomic mass is 9.94. The Kier molecular flexibility index (Phi) is 8.18. The van der Waals surface area contributed by atoms with Gasteiger partial charge >= 0.3 is 0 Å². The van der Waals surface area contributed by atoms with Crippen molar-refractivity contribution in [1.82, 2.24) is 4.57 Å². The van der Waals surface area contributed by atoms with E-state index in [2.05, 4.69) is 228 Å². The zero-order valence-corrected chi connectivity index (χ0v) is 34.7. The number of furan rings is 2. The number of rotatable bonds is 7. The average molecular weight is 819 g/mol. The highest BCUT2D eigenvalue weighted by Crippen LogP contribution is 2.50. The van der Waals surface area contributed by atoms with Crippen molar-refractivity contribution in [1.29, 1.82) is 0 Å². The topological polar surface area (TPSA) is 34.5 Å². The molecular weight excluding hydrogens is 781 g/mol. The van der Waals surface area contributed by atoms with Crippen LogP contribution in [0, 0.1) is 0 Å². The van der Waals surface area contributed by atoms with Crippen molar-refractivity contribution in [3.63, 3.8) is 0 Å². The molecule has 0 saturated carbocycles. The van der Waals surface area contributed by atoms with Gasteiger partial charge in [-0.1, -0.05) is 170 Å². The van der Waals surface area contributed by atoms with Crippen LogP contribution in [-0.2, 0) is 0 Å². The number of anilines is 3. The van der Waals surface area contributed by atoms with Crippen molar-refractivity contribution >= 4 is 82.7 Å². The largest absolute Gasteiger partial charge is 0.455 e. The molecule has 10 aromatic carbocycles. The van der Waals surface area contributed by atoms with Gasteiger partial charge in [-0.05, 0) is 77.4 Å². The summed E-state index contributed by atoms with van der Waals surface area (Å²) >= 11 is 0. The first-order valence-electron chi connectivity index (χ1n) is 21.8. The van der Waals surface area contributed by atoms with Crippen LogP contribution in [-0.4, -0.2) is 4.57 Å². The number of hydrogen-bond acceptors (Lipinski definition) is 3. The van der Waals surface area contributed by atoms with Gasteiger partial charge in [0.2, 0.25) is 0 Å². The highest BCUT2D eigenvalue weighted by Gasteiger charge is 2.26. The fourth-order valence-corrected chi connectivity index (χ4v) is 9.93. The fourth-order valence-electron chi connectivity index (χ4n) is 9.93. The zero-order chi connectivity index (χ0) is 42.1. The number of nitrogens with zero attached hydrogens (tertiary/aromatic N) is 2. The third-order valence-corrected chi connectivity index (χ3v) is 12.8. The number of para-hydroxylation sites is 6. The summed E-state index contributed by atoms with van der Waals surface area (Å²) in [6.45, 7) is 0. The van der Waals surface area contributed by atoms with Crippen LogP contribution in [0.1, 0.15) is 0 Å². The first-order chi connectivity index (χ1) is 31.8. The SMILES string of the molecule is c1ccc(-c2ccc(N(c3cc(-c4cccc5c4oc4ccccc45)ccc3-c3cccc4c3oc3ccccc34)c3cccc4c3c3ccccc3n4-c3ccccc3)cc2)cc1. The molecule has 64 heavy (non-hydrogen) atoms. The third kappa shape index (κ3) is 5.63. The number of aromatic nitrogens is 1. The summed E-state index contributed by atoms with van der Waals surface area (Å²) in [6.07, 6.45) is 0. The maximum atomic E-state index is 6.80. The molecule has 0 saturated heterocycles. The zero-order valence-electron chi connectivity index (χ0n) is 34.7.